The van der Waals surface area contributed by atoms with E-state index in [-0.39, 0.29) is 17.6 Å². The van der Waals surface area contributed by atoms with Gasteiger partial charge in [-0.3, -0.25) is 9.59 Å². The normalized spacial score (nSPS) is 11.7. The molecule has 0 spiro atoms. The van der Waals surface area contributed by atoms with E-state index in [1.54, 1.807) is 33.1 Å². The van der Waals surface area contributed by atoms with E-state index < -0.39 is 5.25 Å². The van der Waals surface area contributed by atoms with Gasteiger partial charge in [-0.1, -0.05) is 11.2 Å². The van der Waals surface area contributed by atoms with Gasteiger partial charge in [0.2, 0.25) is 11.8 Å². The number of aromatic nitrogens is 1. The third-order valence-electron chi connectivity index (χ3n) is 3.34. The maximum Gasteiger partial charge on any atom is 0.238 e. The fourth-order valence-corrected chi connectivity index (χ4v) is 2.72. The number of anilines is 2. The lowest BCUT2D eigenvalue weighted by Crippen LogP contribution is -2.25. The Labute approximate surface area is 150 Å². The lowest BCUT2D eigenvalue weighted by molar-refractivity contribution is -0.115. The highest BCUT2D eigenvalue weighted by Crippen LogP contribution is 2.25. The summed E-state index contributed by atoms with van der Waals surface area (Å²) in [5, 5.41) is 8.74. The Morgan fingerprint density at radius 3 is 2.68 bits per heavy atom. The first-order valence-electron chi connectivity index (χ1n) is 7.69. The van der Waals surface area contributed by atoms with E-state index in [1.165, 1.54) is 11.8 Å². The molecular weight excluding hydrogens is 342 g/mol. The topological polar surface area (TPSA) is 93.5 Å². The van der Waals surface area contributed by atoms with E-state index in [1.807, 2.05) is 19.1 Å². The molecule has 2 rings (SSSR count). The van der Waals surface area contributed by atoms with E-state index in [0.29, 0.717) is 23.0 Å². The van der Waals surface area contributed by atoms with Gasteiger partial charge in [-0.2, -0.15) is 0 Å². The van der Waals surface area contributed by atoms with Crippen LogP contribution >= 0.6 is 11.8 Å². The molecule has 0 saturated carbocycles. The maximum absolute atomic E-state index is 12.1. The van der Waals surface area contributed by atoms with E-state index in [9.17, 15) is 9.59 Å². The third-order valence-corrected chi connectivity index (χ3v) is 4.48. The number of thioether (sulfide) groups is 1. The summed E-state index contributed by atoms with van der Waals surface area (Å²) in [5.41, 5.74) is 1.63. The molecule has 0 aliphatic carbocycles. The lowest BCUT2D eigenvalue weighted by atomic mass is 10.2. The van der Waals surface area contributed by atoms with Gasteiger partial charge in [0.15, 0.2) is 5.82 Å². The number of carbonyl (C=O) groups is 2. The first-order chi connectivity index (χ1) is 11.9. The fraction of sp³-hybridized carbons (Fsp3) is 0.353. The first-order valence-corrected chi connectivity index (χ1v) is 8.74. The Morgan fingerprint density at radius 2 is 2.04 bits per heavy atom. The quantitative estimate of drug-likeness (QED) is 0.785. The van der Waals surface area contributed by atoms with Crippen LogP contribution in [0.25, 0.3) is 0 Å². The minimum absolute atomic E-state index is 0.142. The number of benzene rings is 1. The molecular formula is C17H21N3O4S. The molecule has 1 aromatic heterocycles. The highest BCUT2D eigenvalue weighted by atomic mass is 32.2. The number of hydrogen-bond donors (Lipinski definition) is 2. The van der Waals surface area contributed by atoms with Crippen LogP contribution < -0.4 is 15.4 Å². The monoisotopic (exact) mass is 363 g/mol. The van der Waals surface area contributed by atoms with Gasteiger partial charge in [0.25, 0.3) is 0 Å². The Morgan fingerprint density at radius 1 is 1.28 bits per heavy atom. The SMILES string of the molecule is COc1ccc(C)cc1NC(=O)CS[C@H](C)C(=O)Nc1cc(C)on1. The maximum atomic E-state index is 12.1. The van der Waals surface area contributed by atoms with E-state index in [2.05, 4.69) is 15.8 Å². The van der Waals surface area contributed by atoms with Crippen LogP contribution in [-0.4, -0.2) is 35.1 Å². The second kappa shape index (κ2) is 8.57. The van der Waals surface area contributed by atoms with Gasteiger partial charge in [0.05, 0.1) is 23.8 Å². The molecule has 0 radical (unpaired) electrons. The minimum atomic E-state index is -0.415. The molecule has 134 valence electrons. The highest BCUT2D eigenvalue weighted by molar-refractivity contribution is 8.01. The summed E-state index contributed by atoms with van der Waals surface area (Å²) in [4.78, 5) is 24.2. The van der Waals surface area contributed by atoms with Crippen LogP contribution in [0.1, 0.15) is 18.2 Å². The van der Waals surface area contributed by atoms with Crippen molar-refractivity contribution in [2.75, 3.05) is 23.5 Å². The average molecular weight is 363 g/mol. The van der Waals surface area contributed by atoms with E-state index in [4.69, 9.17) is 9.26 Å². The van der Waals surface area contributed by atoms with Gasteiger partial charge in [0, 0.05) is 6.07 Å². The van der Waals surface area contributed by atoms with Crippen LogP contribution in [0.2, 0.25) is 0 Å². The summed E-state index contributed by atoms with van der Waals surface area (Å²) in [6.07, 6.45) is 0. The molecule has 7 nitrogen and oxygen atoms in total. The number of amides is 2. The minimum Gasteiger partial charge on any atom is -0.495 e. The Hall–Kier alpha value is -2.48. The van der Waals surface area contributed by atoms with Crippen molar-refractivity contribution in [1.29, 1.82) is 0 Å². The number of methoxy groups -OCH3 is 1. The van der Waals surface area contributed by atoms with Crippen molar-refractivity contribution >= 4 is 35.1 Å². The second-order valence-corrected chi connectivity index (χ2v) is 6.85. The molecule has 1 atom stereocenters. The van der Waals surface area contributed by atoms with Crippen LogP contribution in [0.5, 0.6) is 5.75 Å². The van der Waals surface area contributed by atoms with Crippen LogP contribution in [0.4, 0.5) is 11.5 Å². The smallest absolute Gasteiger partial charge is 0.238 e. The number of carbonyl (C=O) groups excluding carboxylic acids is 2. The summed E-state index contributed by atoms with van der Waals surface area (Å²) in [6, 6.07) is 7.17. The van der Waals surface area contributed by atoms with Crippen molar-refractivity contribution in [3.63, 3.8) is 0 Å². The summed E-state index contributed by atoms with van der Waals surface area (Å²) in [7, 11) is 1.55. The number of hydrogen-bond acceptors (Lipinski definition) is 6. The van der Waals surface area contributed by atoms with Gasteiger partial charge in [-0.25, -0.2) is 0 Å². The van der Waals surface area contributed by atoms with Crippen LogP contribution in [0, 0.1) is 13.8 Å². The molecule has 0 aliphatic heterocycles. The molecule has 8 heteroatoms. The number of rotatable bonds is 7. The van der Waals surface area contributed by atoms with Crippen molar-refractivity contribution < 1.29 is 18.8 Å². The van der Waals surface area contributed by atoms with Gasteiger partial charge in [0.1, 0.15) is 11.5 Å². The summed E-state index contributed by atoms with van der Waals surface area (Å²) >= 11 is 1.23. The molecule has 2 aromatic rings. The van der Waals surface area contributed by atoms with E-state index >= 15 is 0 Å². The van der Waals surface area contributed by atoms with Gasteiger partial charge >= 0.3 is 0 Å². The zero-order valence-corrected chi connectivity index (χ0v) is 15.4. The Kier molecular flexibility index (Phi) is 6.46. The second-order valence-electron chi connectivity index (χ2n) is 5.52. The molecule has 0 unspecified atom stereocenters. The third kappa shape index (κ3) is 5.53. The molecule has 2 amide bonds. The van der Waals surface area contributed by atoms with Crippen molar-refractivity contribution in [3.05, 3.63) is 35.6 Å². The fourth-order valence-electron chi connectivity index (χ4n) is 2.04. The predicted octanol–water partition coefficient (Wildman–Crippen LogP) is 3.00. The summed E-state index contributed by atoms with van der Waals surface area (Å²) < 4.78 is 10.1. The van der Waals surface area contributed by atoms with Gasteiger partial charge < -0.3 is 19.9 Å². The zero-order valence-electron chi connectivity index (χ0n) is 14.6. The Bertz CT molecular complexity index is 760. The lowest BCUT2D eigenvalue weighted by Gasteiger charge is -2.13. The molecule has 25 heavy (non-hydrogen) atoms. The highest BCUT2D eigenvalue weighted by Gasteiger charge is 2.17. The summed E-state index contributed by atoms with van der Waals surface area (Å²) in [5.74, 6) is 1.27. The zero-order chi connectivity index (χ0) is 18.4. The summed E-state index contributed by atoms with van der Waals surface area (Å²) in [6.45, 7) is 5.40. The molecule has 1 aromatic carbocycles. The van der Waals surface area contributed by atoms with Gasteiger partial charge in [-0.15, -0.1) is 11.8 Å². The van der Waals surface area contributed by atoms with Crippen LogP contribution in [-0.2, 0) is 9.59 Å². The first kappa shape index (κ1) is 18.9. The predicted molar refractivity (Wildman–Crippen MR) is 98.2 cm³/mol. The molecule has 0 aliphatic rings. The number of ether oxygens (including phenoxy) is 1. The Balaban J connectivity index is 1.84. The molecule has 0 saturated heterocycles. The molecule has 0 fully saturated rings. The molecule has 1 heterocycles. The van der Waals surface area contributed by atoms with Crippen molar-refractivity contribution in [2.45, 2.75) is 26.0 Å². The standard InChI is InChI=1S/C17H21N3O4S/c1-10-5-6-14(23-4)13(7-10)18-16(21)9-25-12(3)17(22)19-15-8-11(2)24-20-15/h5-8,12H,9H2,1-4H3,(H,18,21)(H,19,20,22)/t12-/m1/s1. The van der Waals surface area contributed by atoms with E-state index in [0.717, 1.165) is 5.56 Å². The largest absolute Gasteiger partial charge is 0.495 e. The van der Waals surface area contributed by atoms with Gasteiger partial charge in [-0.05, 0) is 38.5 Å². The van der Waals surface area contributed by atoms with Crippen molar-refractivity contribution in [3.8, 4) is 5.75 Å². The average Bonchev–Trinajstić information content (AvgIpc) is 2.97. The van der Waals surface area contributed by atoms with Crippen molar-refractivity contribution in [1.82, 2.24) is 5.16 Å². The van der Waals surface area contributed by atoms with Crippen molar-refractivity contribution in [2.24, 2.45) is 0 Å². The molecule has 2 N–H and O–H groups in total. The van der Waals surface area contributed by atoms with Crippen LogP contribution in [0.3, 0.4) is 0 Å². The number of nitrogens with one attached hydrogen (secondary N) is 2. The number of nitrogens with zero attached hydrogens (tertiary/aromatic N) is 1. The number of aryl methyl sites for hydroxylation is 2. The molecule has 0 bridgehead atoms. The van der Waals surface area contributed by atoms with Crippen LogP contribution in [0.15, 0.2) is 28.8 Å².